The van der Waals surface area contributed by atoms with Gasteiger partial charge in [-0.1, -0.05) is 19.4 Å². The van der Waals surface area contributed by atoms with Gasteiger partial charge in [0.2, 0.25) is 11.8 Å². The summed E-state index contributed by atoms with van der Waals surface area (Å²) in [7, 11) is 0. The van der Waals surface area contributed by atoms with Crippen LogP contribution in [0.15, 0.2) is 18.3 Å². The van der Waals surface area contributed by atoms with Crippen molar-refractivity contribution in [3.63, 3.8) is 0 Å². The second-order valence-electron chi connectivity index (χ2n) is 4.75. The second kappa shape index (κ2) is 8.76. The van der Waals surface area contributed by atoms with Gasteiger partial charge in [0.15, 0.2) is 0 Å². The molecule has 1 heterocycles. The molecule has 0 aromatic carbocycles. The first kappa shape index (κ1) is 18.7. The molecule has 0 aliphatic rings. The van der Waals surface area contributed by atoms with Crippen LogP contribution in [0, 0.1) is 0 Å². The summed E-state index contributed by atoms with van der Waals surface area (Å²) >= 11 is 0. The summed E-state index contributed by atoms with van der Waals surface area (Å²) in [5.41, 5.74) is 5.99. The van der Waals surface area contributed by atoms with Crippen molar-refractivity contribution in [2.24, 2.45) is 5.73 Å². The molecule has 0 aliphatic heterocycles. The maximum atomic E-state index is 12.0. The highest BCUT2D eigenvalue weighted by atomic mass is 35.5. The normalized spacial score (nSPS) is 13.0. The lowest BCUT2D eigenvalue weighted by atomic mass is 9.96. The highest BCUT2D eigenvalue weighted by Crippen LogP contribution is 2.15. The van der Waals surface area contributed by atoms with Crippen molar-refractivity contribution in [3.8, 4) is 5.88 Å². The highest BCUT2D eigenvalue weighted by Gasteiger charge is 2.26. The first-order valence-corrected chi connectivity index (χ1v) is 6.65. The number of nitrogens with zero attached hydrogens (tertiary/aromatic N) is 1. The molecule has 0 bridgehead atoms. The van der Waals surface area contributed by atoms with E-state index in [1.54, 1.807) is 13.1 Å². The molecule has 20 heavy (non-hydrogen) atoms. The Kier molecular flexibility index (Phi) is 8.18. The van der Waals surface area contributed by atoms with E-state index in [0.717, 1.165) is 12.0 Å². The van der Waals surface area contributed by atoms with Gasteiger partial charge in [-0.3, -0.25) is 4.79 Å². The predicted octanol–water partition coefficient (Wildman–Crippen LogP) is 2.04. The van der Waals surface area contributed by atoms with Gasteiger partial charge in [0.1, 0.15) is 0 Å². The Labute approximate surface area is 126 Å². The Hall–Kier alpha value is -1.33. The predicted molar refractivity (Wildman–Crippen MR) is 82.0 cm³/mol. The number of aromatic nitrogens is 1. The third-order valence-electron chi connectivity index (χ3n) is 2.86. The van der Waals surface area contributed by atoms with Gasteiger partial charge < -0.3 is 15.8 Å². The summed E-state index contributed by atoms with van der Waals surface area (Å²) in [5, 5.41) is 2.84. The fourth-order valence-electron chi connectivity index (χ4n) is 1.84. The Morgan fingerprint density at radius 1 is 1.50 bits per heavy atom. The van der Waals surface area contributed by atoms with E-state index in [1.807, 2.05) is 26.0 Å². The molecule has 114 valence electrons. The van der Waals surface area contributed by atoms with Crippen LogP contribution in [-0.2, 0) is 11.3 Å². The van der Waals surface area contributed by atoms with Gasteiger partial charge in [0.25, 0.3) is 0 Å². The van der Waals surface area contributed by atoms with E-state index in [-0.39, 0.29) is 18.3 Å². The number of halogens is 1. The first-order chi connectivity index (χ1) is 9.01. The van der Waals surface area contributed by atoms with Crippen molar-refractivity contribution in [2.45, 2.75) is 45.7 Å². The molecule has 0 fully saturated rings. The zero-order valence-electron chi connectivity index (χ0n) is 12.3. The minimum Gasteiger partial charge on any atom is -0.478 e. The number of carbonyl (C=O) groups excluding carboxylic acids is 1. The van der Waals surface area contributed by atoms with Crippen molar-refractivity contribution in [1.82, 2.24) is 10.3 Å². The topological polar surface area (TPSA) is 77.2 Å². The molecule has 0 radical (unpaired) electrons. The number of rotatable bonds is 7. The molecule has 3 N–H and O–H groups in total. The number of nitrogens with one attached hydrogen (secondary N) is 1. The number of hydrogen-bond donors (Lipinski definition) is 2. The number of carbonyl (C=O) groups is 1. The molecule has 5 nitrogen and oxygen atoms in total. The maximum Gasteiger partial charge on any atom is 0.240 e. The Morgan fingerprint density at radius 3 is 2.80 bits per heavy atom. The van der Waals surface area contributed by atoms with Crippen LogP contribution in [0.25, 0.3) is 0 Å². The summed E-state index contributed by atoms with van der Waals surface area (Å²) in [6.45, 7) is 6.57. The monoisotopic (exact) mass is 301 g/mol. The van der Waals surface area contributed by atoms with Crippen LogP contribution in [0.2, 0.25) is 0 Å². The number of ether oxygens (including phenoxy) is 1. The van der Waals surface area contributed by atoms with Gasteiger partial charge in [-0.05, 0) is 26.3 Å². The van der Waals surface area contributed by atoms with E-state index in [2.05, 4.69) is 10.3 Å². The van der Waals surface area contributed by atoms with Gasteiger partial charge in [-0.15, -0.1) is 12.4 Å². The van der Waals surface area contributed by atoms with Crippen molar-refractivity contribution in [3.05, 3.63) is 23.9 Å². The fraction of sp³-hybridized carbons (Fsp3) is 0.571. The van der Waals surface area contributed by atoms with Crippen LogP contribution in [0.4, 0.5) is 0 Å². The molecular weight excluding hydrogens is 278 g/mol. The molecule has 1 rings (SSSR count). The second-order valence-corrected chi connectivity index (χ2v) is 4.75. The van der Waals surface area contributed by atoms with Gasteiger partial charge in [0, 0.05) is 18.3 Å². The molecule has 0 aliphatic carbocycles. The molecule has 1 aromatic heterocycles. The lowest BCUT2D eigenvalue weighted by molar-refractivity contribution is -0.126. The average molecular weight is 302 g/mol. The number of amides is 1. The summed E-state index contributed by atoms with van der Waals surface area (Å²) in [4.78, 5) is 16.1. The third-order valence-corrected chi connectivity index (χ3v) is 2.86. The minimum atomic E-state index is -0.831. The van der Waals surface area contributed by atoms with Gasteiger partial charge >= 0.3 is 0 Å². The molecule has 0 saturated carbocycles. The summed E-state index contributed by atoms with van der Waals surface area (Å²) in [6.07, 6.45) is 3.20. The zero-order chi connectivity index (χ0) is 14.3. The van der Waals surface area contributed by atoms with Crippen molar-refractivity contribution < 1.29 is 9.53 Å². The van der Waals surface area contributed by atoms with Crippen molar-refractivity contribution in [2.75, 3.05) is 6.61 Å². The molecule has 0 saturated heterocycles. The molecular formula is C14H24ClN3O2. The van der Waals surface area contributed by atoms with Crippen LogP contribution in [0.5, 0.6) is 5.88 Å². The lowest BCUT2D eigenvalue weighted by Gasteiger charge is -2.23. The smallest absolute Gasteiger partial charge is 0.240 e. The molecule has 1 unspecified atom stereocenters. The van der Waals surface area contributed by atoms with E-state index in [0.29, 0.717) is 25.5 Å². The third kappa shape index (κ3) is 5.35. The lowest BCUT2D eigenvalue weighted by Crippen LogP contribution is -2.51. The van der Waals surface area contributed by atoms with E-state index in [9.17, 15) is 4.79 Å². The summed E-state index contributed by atoms with van der Waals surface area (Å²) in [6, 6.07) is 3.70. The van der Waals surface area contributed by atoms with Crippen molar-refractivity contribution >= 4 is 18.3 Å². The Balaban J connectivity index is 0.00000361. The molecule has 1 atom stereocenters. The quantitative estimate of drug-likeness (QED) is 0.808. The maximum absolute atomic E-state index is 12.0. The van der Waals surface area contributed by atoms with E-state index < -0.39 is 5.54 Å². The Bertz CT molecular complexity index is 425. The SMILES string of the molecule is CCCC(C)(N)C(=O)NCc1cccnc1OCC.Cl. The summed E-state index contributed by atoms with van der Waals surface area (Å²) < 4.78 is 5.41. The highest BCUT2D eigenvalue weighted by molar-refractivity contribution is 5.85. The van der Waals surface area contributed by atoms with Crippen LogP contribution in [0.1, 0.15) is 39.2 Å². The molecule has 1 aromatic rings. The van der Waals surface area contributed by atoms with E-state index >= 15 is 0 Å². The molecule has 1 amide bonds. The summed E-state index contributed by atoms with van der Waals surface area (Å²) in [5.74, 6) is 0.403. The first-order valence-electron chi connectivity index (χ1n) is 6.65. The number of nitrogens with two attached hydrogens (primary N) is 1. The minimum absolute atomic E-state index is 0. The molecule has 6 heteroatoms. The zero-order valence-corrected chi connectivity index (χ0v) is 13.1. The van der Waals surface area contributed by atoms with Gasteiger partial charge in [-0.25, -0.2) is 4.98 Å². The van der Waals surface area contributed by atoms with Crippen LogP contribution in [0.3, 0.4) is 0 Å². The van der Waals surface area contributed by atoms with Crippen molar-refractivity contribution in [1.29, 1.82) is 0 Å². The van der Waals surface area contributed by atoms with Gasteiger partial charge in [0.05, 0.1) is 12.1 Å². The standard InChI is InChI=1S/C14H23N3O2.ClH/c1-4-8-14(3,15)13(18)17-10-11-7-6-9-16-12(11)19-5-2;/h6-7,9H,4-5,8,10,15H2,1-3H3,(H,17,18);1H. The molecule has 0 spiro atoms. The number of pyridine rings is 1. The fourth-order valence-corrected chi connectivity index (χ4v) is 1.84. The largest absolute Gasteiger partial charge is 0.478 e. The average Bonchev–Trinajstić information content (AvgIpc) is 2.37. The van der Waals surface area contributed by atoms with Crippen LogP contribution < -0.4 is 15.8 Å². The number of hydrogen-bond acceptors (Lipinski definition) is 4. The van der Waals surface area contributed by atoms with E-state index in [4.69, 9.17) is 10.5 Å². The Morgan fingerprint density at radius 2 is 2.20 bits per heavy atom. The van der Waals surface area contributed by atoms with Crippen LogP contribution >= 0.6 is 12.4 Å². The van der Waals surface area contributed by atoms with Crippen LogP contribution in [-0.4, -0.2) is 23.0 Å². The van der Waals surface area contributed by atoms with E-state index in [1.165, 1.54) is 0 Å². The van der Waals surface area contributed by atoms with Gasteiger partial charge in [-0.2, -0.15) is 0 Å².